The molecule has 42 heavy (non-hydrogen) atoms. The Morgan fingerprint density at radius 1 is 1.05 bits per heavy atom. The van der Waals surface area contributed by atoms with Crippen molar-refractivity contribution in [3.8, 4) is 0 Å². The predicted molar refractivity (Wildman–Crippen MR) is 158 cm³/mol. The molecule has 1 saturated carbocycles. The van der Waals surface area contributed by atoms with Gasteiger partial charge >= 0.3 is 0 Å². The molecule has 0 aromatic carbocycles. The SMILES string of the molecule is COCC1OC(OC2C3=C(C(C)C)CCC3(C)C=C3C(CCC3(O)COC)C(C)C2O)C(O)C(O)C1OC=CC(C)C. The second-order valence-corrected chi connectivity index (χ2v) is 13.8. The maximum atomic E-state index is 12.1. The fourth-order valence-corrected chi connectivity index (χ4v) is 7.61. The maximum absolute atomic E-state index is 12.1. The molecule has 0 radical (unpaired) electrons. The van der Waals surface area contributed by atoms with Crippen molar-refractivity contribution in [2.75, 3.05) is 27.4 Å². The highest BCUT2D eigenvalue weighted by Crippen LogP contribution is 2.56. The van der Waals surface area contributed by atoms with Crippen molar-refractivity contribution < 1.29 is 44.1 Å². The Balaban J connectivity index is 1.72. The van der Waals surface area contributed by atoms with Gasteiger partial charge in [-0.1, -0.05) is 53.2 Å². The third kappa shape index (κ3) is 6.40. The summed E-state index contributed by atoms with van der Waals surface area (Å²) in [7, 11) is 3.14. The Hall–Kier alpha value is -1.30. The molecule has 0 spiro atoms. The lowest BCUT2D eigenvalue weighted by atomic mass is 9.68. The van der Waals surface area contributed by atoms with Crippen LogP contribution >= 0.6 is 0 Å². The van der Waals surface area contributed by atoms with Crippen molar-refractivity contribution in [2.45, 2.75) is 116 Å². The molecule has 4 aliphatic rings. The zero-order valence-electron chi connectivity index (χ0n) is 26.7. The van der Waals surface area contributed by atoms with E-state index in [4.69, 9.17) is 23.7 Å². The number of methoxy groups -OCH3 is 2. The Labute approximate surface area is 251 Å². The molecule has 0 aromatic heterocycles. The minimum absolute atomic E-state index is 0.0534. The summed E-state index contributed by atoms with van der Waals surface area (Å²) in [5.74, 6) is 0.151. The van der Waals surface area contributed by atoms with Crippen molar-refractivity contribution in [1.82, 2.24) is 0 Å². The van der Waals surface area contributed by atoms with Crippen LogP contribution in [0.1, 0.15) is 67.2 Å². The van der Waals surface area contributed by atoms with Gasteiger partial charge in [0.25, 0.3) is 0 Å². The van der Waals surface area contributed by atoms with E-state index in [0.29, 0.717) is 6.42 Å². The quantitative estimate of drug-likeness (QED) is 0.222. The second kappa shape index (κ2) is 13.4. The van der Waals surface area contributed by atoms with Crippen LogP contribution in [0.15, 0.2) is 35.1 Å². The van der Waals surface area contributed by atoms with Gasteiger partial charge in [0.1, 0.15) is 30.0 Å². The fraction of sp³-hybridized carbons (Fsp3) is 0.818. The van der Waals surface area contributed by atoms with Gasteiger partial charge < -0.3 is 44.1 Å². The summed E-state index contributed by atoms with van der Waals surface area (Å²) < 4.78 is 29.5. The number of fused-ring (bicyclic) bond motifs is 2. The van der Waals surface area contributed by atoms with Crippen LogP contribution < -0.4 is 0 Å². The van der Waals surface area contributed by atoms with Gasteiger partial charge in [-0.2, -0.15) is 0 Å². The Bertz CT molecular complexity index is 1020. The molecule has 4 N–H and O–H groups in total. The molecule has 0 bridgehead atoms. The highest BCUT2D eigenvalue weighted by atomic mass is 16.7. The van der Waals surface area contributed by atoms with E-state index in [1.54, 1.807) is 7.11 Å². The number of ether oxygens (including phenoxy) is 5. The highest BCUT2D eigenvalue weighted by Gasteiger charge is 2.55. The summed E-state index contributed by atoms with van der Waals surface area (Å²) in [5, 5.41) is 46.2. The lowest BCUT2D eigenvalue weighted by Crippen LogP contribution is -2.61. The molecule has 9 heteroatoms. The second-order valence-electron chi connectivity index (χ2n) is 13.8. The molecule has 9 nitrogen and oxygen atoms in total. The summed E-state index contributed by atoms with van der Waals surface area (Å²) >= 11 is 0. The largest absolute Gasteiger partial charge is 0.493 e. The molecule has 2 fully saturated rings. The summed E-state index contributed by atoms with van der Waals surface area (Å²) in [6.07, 6.45) is 1.31. The third-order valence-corrected chi connectivity index (χ3v) is 9.95. The van der Waals surface area contributed by atoms with Gasteiger partial charge in [0.05, 0.1) is 25.6 Å². The first-order valence-corrected chi connectivity index (χ1v) is 15.6. The number of hydrogen-bond donors (Lipinski definition) is 4. The van der Waals surface area contributed by atoms with Crippen molar-refractivity contribution in [3.05, 3.63) is 35.1 Å². The summed E-state index contributed by atoms with van der Waals surface area (Å²) in [6, 6.07) is 0. The number of rotatable bonds is 10. The van der Waals surface area contributed by atoms with E-state index in [-0.39, 0.29) is 36.9 Å². The van der Waals surface area contributed by atoms with Crippen LogP contribution in [0, 0.1) is 29.1 Å². The van der Waals surface area contributed by atoms with E-state index in [1.807, 2.05) is 26.8 Å². The Morgan fingerprint density at radius 2 is 1.76 bits per heavy atom. The zero-order valence-corrected chi connectivity index (χ0v) is 26.7. The number of aliphatic hydroxyl groups is 4. The Kier molecular flexibility index (Phi) is 10.7. The van der Waals surface area contributed by atoms with Crippen LogP contribution in [-0.2, 0) is 23.7 Å². The molecule has 1 aliphatic heterocycles. The zero-order chi connectivity index (χ0) is 31.0. The van der Waals surface area contributed by atoms with E-state index in [2.05, 4.69) is 26.8 Å². The standard InChI is InChI=1S/C33H54O9/c1-18(2)11-14-40-29-24(16-38-7)41-31(28(36)27(29)35)42-30-25-21(19(3)4)9-12-32(25,6)15-23-22(20(5)26(30)34)10-13-33(23,37)17-39-8/h11,14-15,18-20,22,24,26-31,34-37H,9-10,12-13,16-17H2,1-8H3. The molecule has 3 aliphatic carbocycles. The lowest BCUT2D eigenvalue weighted by molar-refractivity contribution is -0.316. The topological polar surface area (TPSA) is 127 Å². The molecule has 1 heterocycles. The van der Waals surface area contributed by atoms with Crippen LogP contribution in [0.5, 0.6) is 0 Å². The van der Waals surface area contributed by atoms with Crippen LogP contribution in [0.25, 0.3) is 0 Å². The molecule has 0 amide bonds. The summed E-state index contributed by atoms with van der Waals surface area (Å²) in [5.41, 5.74) is 1.56. The minimum atomic E-state index is -1.41. The lowest BCUT2D eigenvalue weighted by Gasteiger charge is -2.46. The molecule has 0 aromatic rings. The van der Waals surface area contributed by atoms with Crippen molar-refractivity contribution >= 4 is 0 Å². The van der Waals surface area contributed by atoms with Crippen LogP contribution in [0.4, 0.5) is 0 Å². The van der Waals surface area contributed by atoms with E-state index >= 15 is 0 Å². The van der Waals surface area contributed by atoms with Gasteiger partial charge in [0.2, 0.25) is 0 Å². The normalized spacial score (nSPS) is 42.6. The van der Waals surface area contributed by atoms with Crippen LogP contribution in [0.2, 0.25) is 0 Å². The van der Waals surface area contributed by atoms with Gasteiger partial charge in [-0.25, -0.2) is 0 Å². The van der Waals surface area contributed by atoms with E-state index in [0.717, 1.165) is 30.4 Å². The molecule has 11 atom stereocenters. The number of hydrogen-bond acceptors (Lipinski definition) is 9. The predicted octanol–water partition coefficient (Wildman–Crippen LogP) is 3.50. The van der Waals surface area contributed by atoms with Gasteiger partial charge in [0, 0.05) is 19.6 Å². The van der Waals surface area contributed by atoms with Crippen LogP contribution in [-0.4, -0.2) is 96.4 Å². The van der Waals surface area contributed by atoms with E-state index in [1.165, 1.54) is 18.9 Å². The van der Waals surface area contributed by atoms with Crippen molar-refractivity contribution in [3.63, 3.8) is 0 Å². The monoisotopic (exact) mass is 594 g/mol. The fourth-order valence-electron chi connectivity index (χ4n) is 7.61. The molecule has 4 rings (SSSR count). The molecular formula is C33H54O9. The highest BCUT2D eigenvalue weighted by molar-refractivity contribution is 5.42. The summed E-state index contributed by atoms with van der Waals surface area (Å²) in [6.45, 7) is 12.8. The Morgan fingerprint density at radius 3 is 2.38 bits per heavy atom. The molecule has 240 valence electrons. The van der Waals surface area contributed by atoms with Crippen molar-refractivity contribution in [1.29, 1.82) is 0 Å². The van der Waals surface area contributed by atoms with E-state index in [9.17, 15) is 20.4 Å². The average molecular weight is 595 g/mol. The maximum Gasteiger partial charge on any atom is 0.187 e. The molecular weight excluding hydrogens is 540 g/mol. The summed E-state index contributed by atoms with van der Waals surface area (Å²) in [4.78, 5) is 0. The molecule has 11 unspecified atom stereocenters. The average Bonchev–Trinajstić information content (AvgIpc) is 3.42. The number of allylic oxidation sites excluding steroid dienone is 3. The first-order chi connectivity index (χ1) is 19.8. The van der Waals surface area contributed by atoms with Gasteiger partial charge in [-0.15, -0.1) is 0 Å². The smallest absolute Gasteiger partial charge is 0.187 e. The third-order valence-electron chi connectivity index (χ3n) is 9.95. The first kappa shape index (κ1) is 33.6. The van der Waals surface area contributed by atoms with Gasteiger partial charge in [-0.3, -0.25) is 0 Å². The van der Waals surface area contributed by atoms with Crippen LogP contribution in [0.3, 0.4) is 0 Å². The first-order valence-electron chi connectivity index (χ1n) is 15.6. The van der Waals surface area contributed by atoms with Crippen molar-refractivity contribution in [2.24, 2.45) is 29.1 Å². The molecule has 1 saturated heterocycles. The minimum Gasteiger partial charge on any atom is -0.493 e. The van der Waals surface area contributed by atoms with Gasteiger partial charge in [0.15, 0.2) is 12.4 Å². The number of aliphatic hydroxyl groups excluding tert-OH is 3. The van der Waals surface area contributed by atoms with E-state index < -0.39 is 53.9 Å². The van der Waals surface area contributed by atoms with Gasteiger partial charge in [-0.05, 0) is 66.6 Å².